The second kappa shape index (κ2) is 7.09. The van der Waals surface area contributed by atoms with Crippen molar-refractivity contribution in [2.45, 2.75) is 38.1 Å². The topological polar surface area (TPSA) is 32.5 Å². The molecule has 2 N–H and O–H groups in total. The van der Waals surface area contributed by atoms with Crippen molar-refractivity contribution in [3.05, 3.63) is 29.8 Å². The van der Waals surface area contributed by atoms with Crippen molar-refractivity contribution in [1.82, 2.24) is 9.80 Å². The van der Waals surface area contributed by atoms with Crippen LogP contribution in [-0.2, 0) is 0 Å². The van der Waals surface area contributed by atoms with Crippen molar-refractivity contribution >= 4 is 5.69 Å². The summed E-state index contributed by atoms with van der Waals surface area (Å²) in [6.45, 7) is 6.00. The minimum absolute atomic E-state index is 0.608. The number of benzene rings is 1. The predicted molar refractivity (Wildman–Crippen MR) is 87.0 cm³/mol. The zero-order valence-corrected chi connectivity index (χ0v) is 13.2. The van der Waals surface area contributed by atoms with Gasteiger partial charge in [-0.3, -0.25) is 4.90 Å². The SMILES string of the molecule is CC(CCN1CCCC1CN(C)C)c1ccc(N)cc1. The van der Waals surface area contributed by atoms with Crippen LogP contribution in [0, 0.1) is 0 Å². The zero-order valence-electron chi connectivity index (χ0n) is 13.2. The highest BCUT2D eigenvalue weighted by Gasteiger charge is 2.24. The molecule has 3 nitrogen and oxygen atoms in total. The molecule has 112 valence electrons. The number of likely N-dealkylation sites (tertiary alicyclic amines) is 1. The first-order valence-corrected chi connectivity index (χ1v) is 7.80. The molecule has 2 atom stereocenters. The Morgan fingerprint density at radius 1 is 1.30 bits per heavy atom. The summed E-state index contributed by atoms with van der Waals surface area (Å²) in [4.78, 5) is 4.99. The van der Waals surface area contributed by atoms with Crippen molar-refractivity contribution in [2.24, 2.45) is 0 Å². The van der Waals surface area contributed by atoms with E-state index in [9.17, 15) is 0 Å². The summed E-state index contributed by atoms with van der Waals surface area (Å²) in [5, 5.41) is 0. The number of anilines is 1. The second-order valence-electron chi connectivity index (χ2n) is 6.45. The van der Waals surface area contributed by atoms with E-state index in [1.54, 1.807) is 0 Å². The smallest absolute Gasteiger partial charge is 0.0314 e. The third-order valence-corrected chi connectivity index (χ3v) is 4.43. The molecule has 2 unspecified atom stereocenters. The van der Waals surface area contributed by atoms with Crippen LogP contribution >= 0.6 is 0 Å². The highest BCUT2D eigenvalue weighted by atomic mass is 15.2. The van der Waals surface area contributed by atoms with Crippen LogP contribution in [0.2, 0.25) is 0 Å². The molecule has 0 spiro atoms. The van der Waals surface area contributed by atoms with Gasteiger partial charge < -0.3 is 10.6 Å². The lowest BCUT2D eigenvalue weighted by Crippen LogP contribution is -2.38. The number of hydrogen-bond donors (Lipinski definition) is 1. The summed E-state index contributed by atoms with van der Waals surface area (Å²) in [5.74, 6) is 0.608. The van der Waals surface area contributed by atoms with Crippen molar-refractivity contribution in [1.29, 1.82) is 0 Å². The van der Waals surface area contributed by atoms with Crippen molar-refractivity contribution in [3.63, 3.8) is 0 Å². The maximum absolute atomic E-state index is 5.75. The lowest BCUT2D eigenvalue weighted by Gasteiger charge is -2.28. The summed E-state index contributed by atoms with van der Waals surface area (Å²) in [7, 11) is 4.35. The first kappa shape index (κ1) is 15.3. The standard InChI is InChI=1S/C17H29N3/c1-14(15-6-8-16(18)9-7-15)10-12-20-11-4-5-17(20)13-19(2)3/h6-9,14,17H,4-5,10-13,18H2,1-3H3. The summed E-state index contributed by atoms with van der Waals surface area (Å²) >= 11 is 0. The van der Waals surface area contributed by atoms with Gasteiger partial charge in [0, 0.05) is 18.3 Å². The molecule has 1 aliphatic rings. The molecule has 1 aliphatic heterocycles. The van der Waals surface area contributed by atoms with Crippen LogP contribution in [0.15, 0.2) is 24.3 Å². The molecule has 20 heavy (non-hydrogen) atoms. The van der Waals surface area contributed by atoms with Gasteiger partial charge in [-0.1, -0.05) is 19.1 Å². The Kier molecular flexibility index (Phi) is 5.44. The number of nitrogens with zero attached hydrogens (tertiary/aromatic N) is 2. The summed E-state index contributed by atoms with van der Waals surface area (Å²) in [6.07, 6.45) is 3.94. The van der Waals surface area contributed by atoms with Gasteiger partial charge in [0.25, 0.3) is 0 Å². The van der Waals surface area contributed by atoms with E-state index in [-0.39, 0.29) is 0 Å². The van der Waals surface area contributed by atoms with Gasteiger partial charge in [0.05, 0.1) is 0 Å². The number of nitrogens with two attached hydrogens (primary N) is 1. The molecule has 1 aromatic rings. The second-order valence-corrected chi connectivity index (χ2v) is 6.45. The Bertz CT molecular complexity index is 399. The van der Waals surface area contributed by atoms with E-state index in [0.717, 1.165) is 11.7 Å². The first-order chi connectivity index (χ1) is 9.56. The molecule has 1 fully saturated rings. The van der Waals surface area contributed by atoms with Crippen molar-refractivity contribution in [2.75, 3.05) is 39.5 Å². The quantitative estimate of drug-likeness (QED) is 0.810. The number of nitrogen functional groups attached to an aromatic ring is 1. The maximum Gasteiger partial charge on any atom is 0.0314 e. The van der Waals surface area contributed by atoms with Crippen LogP contribution in [0.4, 0.5) is 5.69 Å². The Hall–Kier alpha value is -1.06. The molecule has 3 heteroatoms. The minimum atomic E-state index is 0.608. The van der Waals surface area contributed by atoms with Crippen LogP contribution in [0.1, 0.15) is 37.7 Å². The monoisotopic (exact) mass is 275 g/mol. The molecule has 1 saturated heterocycles. The molecular weight excluding hydrogens is 246 g/mol. The van der Waals surface area contributed by atoms with Crippen molar-refractivity contribution < 1.29 is 0 Å². The predicted octanol–water partition coefficient (Wildman–Crippen LogP) is 2.79. The molecular formula is C17H29N3. The molecule has 0 saturated carbocycles. The van der Waals surface area contributed by atoms with Gasteiger partial charge >= 0.3 is 0 Å². The largest absolute Gasteiger partial charge is 0.399 e. The molecule has 0 bridgehead atoms. The molecule has 0 amide bonds. The van der Waals surface area contributed by atoms with Crippen LogP contribution in [0.3, 0.4) is 0 Å². The fourth-order valence-electron chi connectivity index (χ4n) is 3.17. The van der Waals surface area contributed by atoms with Gasteiger partial charge in [0.15, 0.2) is 0 Å². The molecule has 2 rings (SSSR count). The first-order valence-electron chi connectivity index (χ1n) is 7.80. The third kappa shape index (κ3) is 4.22. The van der Waals surface area contributed by atoms with E-state index in [4.69, 9.17) is 5.73 Å². The van der Waals surface area contributed by atoms with Crippen LogP contribution in [0.25, 0.3) is 0 Å². The fraction of sp³-hybridized carbons (Fsp3) is 0.647. The lowest BCUT2D eigenvalue weighted by atomic mass is 9.97. The highest BCUT2D eigenvalue weighted by Crippen LogP contribution is 2.23. The Balaban J connectivity index is 1.83. The van der Waals surface area contributed by atoms with Gasteiger partial charge in [-0.05, 0) is 70.1 Å². The summed E-state index contributed by atoms with van der Waals surface area (Å²) < 4.78 is 0. The van der Waals surface area contributed by atoms with Crippen LogP contribution in [-0.4, -0.2) is 49.6 Å². The summed E-state index contributed by atoms with van der Waals surface area (Å²) in [6, 6.07) is 9.11. The molecule has 0 radical (unpaired) electrons. The Morgan fingerprint density at radius 3 is 2.65 bits per heavy atom. The fourth-order valence-corrected chi connectivity index (χ4v) is 3.17. The Labute approximate surface area is 123 Å². The van der Waals surface area contributed by atoms with E-state index in [0.29, 0.717) is 5.92 Å². The normalized spacial score (nSPS) is 21.5. The van der Waals surface area contributed by atoms with Gasteiger partial charge in [-0.15, -0.1) is 0 Å². The van der Waals surface area contributed by atoms with Gasteiger partial charge in [-0.25, -0.2) is 0 Å². The van der Waals surface area contributed by atoms with Crippen molar-refractivity contribution in [3.8, 4) is 0 Å². The van der Waals surface area contributed by atoms with Gasteiger partial charge in [-0.2, -0.15) is 0 Å². The highest BCUT2D eigenvalue weighted by molar-refractivity contribution is 5.40. The van der Waals surface area contributed by atoms with Crippen LogP contribution in [0.5, 0.6) is 0 Å². The van der Waals surface area contributed by atoms with E-state index in [1.165, 1.54) is 44.5 Å². The average Bonchev–Trinajstić information content (AvgIpc) is 2.83. The Morgan fingerprint density at radius 2 is 2.00 bits per heavy atom. The number of rotatable bonds is 6. The minimum Gasteiger partial charge on any atom is -0.399 e. The van der Waals surface area contributed by atoms with Gasteiger partial charge in [0.2, 0.25) is 0 Å². The lowest BCUT2D eigenvalue weighted by molar-refractivity contribution is 0.203. The third-order valence-electron chi connectivity index (χ3n) is 4.43. The van der Waals surface area contributed by atoms with E-state index < -0.39 is 0 Å². The number of hydrogen-bond acceptors (Lipinski definition) is 3. The number of likely N-dealkylation sites (N-methyl/N-ethyl adjacent to an activating group) is 1. The van der Waals surface area contributed by atoms with E-state index in [2.05, 4.69) is 43.0 Å². The van der Waals surface area contributed by atoms with Gasteiger partial charge in [0.1, 0.15) is 0 Å². The van der Waals surface area contributed by atoms with E-state index >= 15 is 0 Å². The molecule has 0 aromatic heterocycles. The molecule has 1 heterocycles. The summed E-state index contributed by atoms with van der Waals surface area (Å²) in [5.41, 5.74) is 8.01. The molecule has 1 aromatic carbocycles. The average molecular weight is 275 g/mol. The van der Waals surface area contributed by atoms with E-state index in [1.807, 2.05) is 12.1 Å². The molecule has 0 aliphatic carbocycles. The maximum atomic E-state index is 5.75. The zero-order chi connectivity index (χ0) is 14.5. The van der Waals surface area contributed by atoms with Crippen LogP contribution < -0.4 is 5.73 Å².